The minimum absolute atomic E-state index is 0.0204. The second-order valence-electron chi connectivity index (χ2n) is 5.20. The number of benzene rings is 2. The maximum Gasteiger partial charge on any atom is 0.269 e. The summed E-state index contributed by atoms with van der Waals surface area (Å²) in [7, 11) is -4.02. The summed E-state index contributed by atoms with van der Waals surface area (Å²) in [5.74, 6) is -1.36. The molecule has 0 saturated heterocycles. The van der Waals surface area contributed by atoms with Crippen molar-refractivity contribution >= 4 is 21.7 Å². The van der Waals surface area contributed by atoms with Crippen molar-refractivity contribution in [2.24, 2.45) is 0 Å². The quantitative estimate of drug-likeness (QED) is 0.508. The Kier molecular flexibility index (Phi) is 5.84. The van der Waals surface area contributed by atoms with Gasteiger partial charge < -0.3 is 9.90 Å². The molecule has 2 rings (SSSR count). The first-order valence-electron chi connectivity index (χ1n) is 7.29. The largest absolute Gasteiger partial charge is 0.550 e. The van der Waals surface area contributed by atoms with Crippen molar-refractivity contribution in [3.63, 3.8) is 0 Å². The standard InChI is InChI=1S/C16H16N2O6S/c19-16(20)10-11-17(12-13-4-2-1-3-5-13)25(23,24)15-8-6-14(7-9-15)18(21)22/h1-9H,10-12H2,(H,19,20)/p-1. The Bertz CT molecular complexity index is 850. The van der Waals surface area contributed by atoms with Gasteiger partial charge in [-0.1, -0.05) is 30.3 Å². The summed E-state index contributed by atoms with van der Waals surface area (Å²) in [6.45, 7) is -0.288. The molecule has 0 unspecified atom stereocenters. The van der Waals surface area contributed by atoms with Gasteiger partial charge in [0.15, 0.2) is 0 Å². The fourth-order valence-corrected chi connectivity index (χ4v) is 3.60. The van der Waals surface area contributed by atoms with Gasteiger partial charge in [0, 0.05) is 37.6 Å². The molecule has 25 heavy (non-hydrogen) atoms. The molecular formula is C16H15N2O6S-. The van der Waals surface area contributed by atoms with E-state index in [0.29, 0.717) is 5.56 Å². The molecule has 0 heterocycles. The van der Waals surface area contributed by atoms with E-state index in [2.05, 4.69) is 0 Å². The first kappa shape index (κ1) is 18.6. The molecule has 9 heteroatoms. The van der Waals surface area contributed by atoms with E-state index in [0.717, 1.165) is 28.6 Å². The van der Waals surface area contributed by atoms with Crippen LogP contribution in [0.2, 0.25) is 0 Å². The summed E-state index contributed by atoms with van der Waals surface area (Å²) in [4.78, 5) is 20.6. The number of carboxylic acids is 1. The molecule has 0 atom stereocenters. The van der Waals surface area contributed by atoms with E-state index in [1.54, 1.807) is 30.3 Å². The van der Waals surface area contributed by atoms with Gasteiger partial charge in [-0.15, -0.1) is 0 Å². The van der Waals surface area contributed by atoms with E-state index in [9.17, 15) is 28.4 Å². The van der Waals surface area contributed by atoms with Crippen molar-refractivity contribution < 1.29 is 23.2 Å². The van der Waals surface area contributed by atoms with E-state index >= 15 is 0 Å². The zero-order valence-corrected chi connectivity index (χ0v) is 13.9. The summed E-state index contributed by atoms with van der Waals surface area (Å²) >= 11 is 0. The van der Waals surface area contributed by atoms with Crippen LogP contribution in [0.1, 0.15) is 12.0 Å². The topological polar surface area (TPSA) is 121 Å². The van der Waals surface area contributed by atoms with Gasteiger partial charge in [-0.3, -0.25) is 10.1 Å². The number of non-ortho nitro benzene ring substituents is 1. The molecule has 2 aromatic carbocycles. The first-order valence-corrected chi connectivity index (χ1v) is 8.73. The highest BCUT2D eigenvalue weighted by Gasteiger charge is 2.25. The van der Waals surface area contributed by atoms with E-state index < -0.39 is 27.3 Å². The van der Waals surface area contributed by atoms with E-state index in [4.69, 9.17) is 0 Å². The van der Waals surface area contributed by atoms with Crippen molar-refractivity contribution in [1.82, 2.24) is 4.31 Å². The SMILES string of the molecule is O=C([O-])CCN(Cc1ccccc1)S(=O)(=O)c1ccc([N+](=O)[O-])cc1. The van der Waals surface area contributed by atoms with Crippen LogP contribution >= 0.6 is 0 Å². The molecule has 0 aliphatic heterocycles. The van der Waals surface area contributed by atoms with Crippen molar-refractivity contribution in [2.75, 3.05) is 6.54 Å². The van der Waals surface area contributed by atoms with Crippen LogP contribution in [0.5, 0.6) is 0 Å². The number of carbonyl (C=O) groups is 1. The molecule has 0 amide bonds. The van der Waals surface area contributed by atoms with E-state index in [1.165, 1.54) is 0 Å². The summed E-state index contributed by atoms with van der Waals surface area (Å²) in [6.07, 6.45) is -0.459. The molecule has 0 fully saturated rings. The number of nitro benzene ring substituents is 1. The molecule has 0 bridgehead atoms. The number of sulfonamides is 1. The molecule has 132 valence electrons. The number of rotatable bonds is 8. The highest BCUT2D eigenvalue weighted by Crippen LogP contribution is 2.21. The number of carbonyl (C=O) groups excluding carboxylic acids is 1. The van der Waals surface area contributed by atoms with Gasteiger partial charge in [0.25, 0.3) is 5.69 Å². The minimum atomic E-state index is -4.02. The Morgan fingerprint density at radius 2 is 1.64 bits per heavy atom. The van der Waals surface area contributed by atoms with Gasteiger partial charge in [-0.25, -0.2) is 8.42 Å². The zero-order chi connectivity index (χ0) is 18.4. The third-order valence-corrected chi connectivity index (χ3v) is 5.31. The van der Waals surface area contributed by atoms with Gasteiger partial charge >= 0.3 is 0 Å². The lowest BCUT2D eigenvalue weighted by Crippen LogP contribution is -2.35. The first-order chi connectivity index (χ1) is 11.8. The predicted molar refractivity (Wildman–Crippen MR) is 86.8 cm³/mol. The lowest BCUT2D eigenvalue weighted by atomic mass is 10.2. The van der Waals surface area contributed by atoms with Crippen LogP contribution < -0.4 is 5.11 Å². The fraction of sp³-hybridized carbons (Fsp3) is 0.188. The maximum atomic E-state index is 12.8. The smallest absolute Gasteiger partial charge is 0.269 e. The Balaban J connectivity index is 2.32. The number of carboxylic acid groups (broad SMARTS) is 1. The van der Waals surface area contributed by atoms with Crippen molar-refractivity contribution in [1.29, 1.82) is 0 Å². The number of aliphatic carboxylic acids is 1. The highest BCUT2D eigenvalue weighted by atomic mass is 32.2. The molecule has 0 spiro atoms. The third kappa shape index (κ3) is 4.85. The van der Waals surface area contributed by atoms with Crippen LogP contribution in [0.15, 0.2) is 59.5 Å². The van der Waals surface area contributed by atoms with E-state index in [-0.39, 0.29) is 23.7 Å². The summed E-state index contributed by atoms with van der Waals surface area (Å²) < 4.78 is 26.6. The summed E-state index contributed by atoms with van der Waals surface area (Å²) in [6, 6.07) is 13.1. The molecule has 2 aromatic rings. The molecule has 0 saturated carbocycles. The average molecular weight is 363 g/mol. The summed E-state index contributed by atoms with van der Waals surface area (Å²) in [5.41, 5.74) is 0.453. The number of hydrogen-bond acceptors (Lipinski definition) is 6. The second-order valence-corrected chi connectivity index (χ2v) is 7.14. The minimum Gasteiger partial charge on any atom is -0.550 e. The van der Waals surface area contributed by atoms with Gasteiger partial charge in [0.2, 0.25) is 10.0 Å². The molecule has 0 aliphatic carbocycles. The Labute approximate surface area is 144 Å². The molecule has 0 N–H and O–H groups in total. The highest BCUT2D eigenvalue weighted by molar-refractivity contribution is 7.89. The second kappa shape index (κ2) is 7.86. The van der Waals surface area contributed by atoms with Crippen LogP contribution in [0.3, 0.4) is 0 Å². The van der Waals surface area contributed by atoms with Crippen LogP contribution in [0, 0.1) is 10.1 Å². The summed E-state index contributed by atoms with van der Waals surface area (Å²) in [5, 5.41) is 21.4. The van der Waals surface area contributed by atoms with Crippen LogP contribution in [0.25, 0.3) is 0 Å². The Morgan fingerprint density at radius 3 is 2.16 bits per heavy atom. The molecule has 8 nitrogen and oxygen atoms in total. The number of nitrogens with zero attached hydrogens (tertiary/aromatic N) is 2. The normalized spacial score (nSPS) is 11.4. The Hall–Kier alpha value is -2.78. The van der Waals surface area contributed by atoms with Gasteiger partial charge in [0.1, 0.15) is 0 Å². The average Bonchev–Trinajstić information content (AvgIpc) is 2.59. The number of hydrogen-bond donors (Lipinski definition) is 0. The molecule has 0 aliphatic rings. The number of nitro groups is 1. The van der Waals surface area contributed by atoms with Crippen molar-refractivity contribution in [3.8, 4) is 0 Å². The fourth-order valence-electron chi connectivity index (χ4n) is 2.18. The molecular weight excluding hydrogens is 348 g/mol. The maximum absolute atomic E-state index is 12.8. The van der Waals surface area contributed by atoms with Crippen LogP contribution in [0.4, 0.5) is 5.69 Å². The van der Waals surface area contributed by atoms with Crippen LogP contribution in [-0.2, 0) is 21.4 Å². The lowest BCUT2D eigenvalue weighted by Gasteiger charge is -2.22. The molecule has 0 radical (unpaired) electrons. The molecule has 0 aromatic heterocycles. The van der Waals surface area contributed by atoms with Crippen molar-refractivity contribution in [2.45, 2.75) is 17.9 Å². The lowest BCUT2D eigenvalue weighted by molar-refractivity contribution is -0.384. The van der Waals surface area contributed by atoms with Crippen LogP contribution in [-0.4, -0.2) is 30.2 Å². The third-order valence-electron chi connectivity index (χ3n) is 3.45. The van der Waals surface area contributed by atoms with Gasteiger partial charge in [-0.2, -0.15) is 4.31 Å². The predicted octanol–water partition coefficient (Wildman–Crippen LogP) is 0.926. The monoisotopic (exact) mass is 363 g/mol. The van der Waals surface area contributed by atoms with Gasteiger partial charge in [0.05, 0.1) is 9.82 Å². The zero-order valence-electron chi connectivity index (χ0n) is 13.1. The van der Waals surface area contributed by atoms with E-state index in [1.807, 2.05) is 0 Å². The van der Waals surface area contributed by atoms with Gasteiger partial charge in [-0.05, 0) is 17.7 Å². The van der Waals surface area contributed by atoms with Crippen molar-refractivity contribution in [3.05, 3.63) is 70.3 Å². The Morgan fingerprint density at radius 1 is 1.04 bits per heavy atom.